The van der Waals surface area contributed by atoms with Crippen LogP contribution in [-0.2, 0) is 42.6 Å². The Labute approximate surface area is 406 Å². The maximum absolute atomic E-state index is 14.1. The number of aliphatic hydroxyl groups is 2. The fourth-order valence-electron chi connectivity index (χ4n) is 7.71. The Balaban J connectivity index is 1.17. The van der Waals surface area contributed by atoms with Crippen LogP contribution in [0, 0.1) is 0 Å². The molecule has 2 N–H and O–H groups in total. The zero-order chi connectivity index (χ0) is 49.7. The highest BCUT2D eigenvalue weighted by Crippen LogP contribution is 2.35. The third-order valence-corrected chi connectivity index (χ3v) is 11.3. The lowest BCUT2D eigenvalue weighted by atomic mass is 9.96. The lowest BCUT2D eigenvalue weighted by Crippen LogP contribution is -2.66. The summed E-state index contributed by atoms with van der Waals surface area (Å²) in [6.07, 6.45) is -18.6. The van der Waals surface area contributed by atoms with Gasteiger partial charge in [-0.1, -0.05) is 109 Å². The monoisotopic (exact) mass is 966 g/mol. The van der Waals surface area contributed by atoms with Crippen LogP contribution in [0.2, 0.25) is 0 Å². The molecule has 2 heterocycles. The lowest BCUT2D eigenvalue weighted by molar-refractivity contribution is -0.359. The molecule has 0 unspecified atom stereocenters. The number of carbonyl (C=O) groups is 6. The molecule has 364 valence electrons. The zero-order valence-electron chi connectivity index (χ0n) is 37.5. The van der Waals surface area contributed by atoms with Crippen molar-refractivity contribution in [2.75, 3.05) is 13.2 Å². The molecule has 2 aliphatic rings. The molecule has 10 atom stereocenters. The van der Waals surface area contributed by atoms with Gasteiger partial charge in [-0.15, -0.1) is 0 Å². The van der Waals surface area contributed by atoms with Gasteiger partial charge in [0.15, 0.2) is 43.1 Å². The molecule has 0 aliphatic carbocycles. The SMILES string of the molecule is O=C(OC[C@H]1O[C@H](O[C@H]2[C@@H](OC(=O)c3ccccc3)[C@H](OC(=O)c3ccccc3)[C@@H](COC(=O)c3ccccc3)O[C@@H]2O)[C@@H](OC(=O)c2ccccc2)[C@@H](O)[C@@H]1OC(=O)c1ccccc1)c1ccccc1. The molecule has 71 heavy (non-hydrogen) atoms. The molecule has 0 spiro atoms. The predicted molar refractivity (Wildman–Crippen MR) is 246 cm³/mol. The lowest BCUT2D eigenvalue weighted by Gasteiger charge is -2.47. The summed E-state index contributed by atoms with van der Waals surface area (Å²) in [5.74, 6) is -5.50. The summed E-state index contributed by atoms with van der Waals surface area (Å²) >= 11 is 0. The van der Waals surface area contributed by atoms with Gasteiger partial charge in [-0.25, -0.2) is 28.8 Å². The molecular weight excluding hydrogens is 921 g/mol. The van der Waals surface area contributed by atoms with E-state index in [0.29, 0.717) is 0 Å². The molecule has 0 bridgehead atoms. The second-order valence-corrected chi connectivity index (χ2v) is 16.1. The Morgan fingerprint density at radius 1 is 0.352 bits per heavy atom. The fourth-order valence-corrected chi connectivity index (χ4v) is 7.71. The maximum atomic E-state index is 14.1. The molecule has 2 aliphatic heterocycles. The molecule has 0 saturated carbocycles. The topological polar surface area (TPSA) is 226 Å². The average Bonchev–Trinajstić information content (AvgIpc) is 3.42. The van der Waals surface area contributed by atoms with E-state index < -0.39 is 110 Å². The smallest absolute Gasteiger partial charge is 0.338 e. The van der Waals surface area contributed by atoms with Crippen molar-refractivity contribution >= 4 is 35.8 Å². The van der Waals surface area contributed by atoms with E-state index in [0.717, 1.165) is 0 Å². The van der Waals surface area contributed by atoms with Crippen LogP contribution >= 0.6 is 0 Å². The summed E-state index contributed by atoms with van der Waals surface area (Å²) in [6.45, 7) is -1.36. The van der Waals surface area contributed by atoms with Crippen molar-refractivity contribution in [2.45, 2.75) is 61.4 Å². The normalized spacial score (nSPS) is 23.7. The number of aliphatic hydroxyl groups excluding tert-OH is 2. The fraction of sp³-hybridized carbons (Fsp3) is 0.222. The minimum Gasteiger partial charge on any atom is -0.459 e. The van der Waals surface area contributed by atoms with Gasteiger partial charge in [0.25, 0.3) is 0 Å². The first kappa shape index (κ1) is 49.4. The van der Waals surface area contributed by atoms with Gasteiger partial charge in [0, 0.05) is 0 Å². The number of hydrogen-bond acceptors (Lipinski definition) is 17. The molecule has 2 fully saturated rings. The first-order chi connectivity index (χ1) is 34.5. The van der Waals surface area contributed by atoms with Crippen LogP contribution in [0.1, 0.15) is 62.1 Å². The van der Waals surface area contributed by atoms with E-state index >= 15 is 0 Å². The summed E-state index contributed by atoms with van der Waals surface area (Å²) in [5, 5.41) is 24.3. The van der Waals surface area contributed by atoms with Crippen LogP contribution in [0.5, 0.6) is 0 Å². The van der Waals surface area contributed by atoms with Gasteiger partial charge in [-0.2, -0.15) is 0 Å². The minimum atomic E-state index is -2.15. The van der Waals surface area contributed by atoms with E-state index in [9.17, 15) is 39.0 Å². The number of hydrogen-bond donors (Lipinski definition) is 2. The first-order valence-corrected chi connectivity index (χ1v) is 22.3. The number of carbonyl (C=O) groups excluding carboxylic acids is 6. The minimum absolute atomic E-state index is 0.0201. The molecule has 0 aromatic heterocycles. The first-order valence-electron chi connectivity index (χ1n) is 22.3. The zero-order valence-corrected chi connectivity index (χ0v) is 37.5. The number of ether oxygens (including phenoxy) is 9. The summed E-state index contributed by atoms with van der Waals surface area (Å²) < 4.78 is 53.9. The highest BCUT2D eigenvalue weighted by atomic mass is 16.8. The van der Waals surface area contributed by atoms with Crippen LogP contribution < -0.4 is 0 Å². The van der Waals surface area contributed by atoms with Crippen LogP contribution in [0.4, 0.5) is 0 Å². The molecule has 0 amide bonds. The largest absolute Gasteiger partial charge is 0.459 e. The Morgan fingerprint density at radius 2 is 0.648 bits per heavy atom. The van der Waals surface area contributed by atoms with Gasteiger partial charge in [-0.3, -0.25) is 0 Å². The van der Waals surface area contributed by atoms with E-state index in [1.54, 1.807) is 109 Å². The van der Waals surface area contributed by atoms with Crippen LogP contribution in [0.3, 0.4) is 0 Å². The van der Waals surface area contributed by atoms with Crippen LogP contribution in [0.25, 0.3) is 0 Å². The second-order valence-electron chi connectivity index (χ2n) is 16.1. The van der Waals surface area contributed by atoms with E-state index in [4.69, 9.17) is 42.6 Å². The third kappa shape index (κ3) is 12.4. The summed E-state index contributed by atoms with van der Waals surface area (Å²) in [4.78, 5) is 82.0. The summed E-state index contributed by atoms with van der Waals surface area (Å²) in [6, 6.07) is 46.6. The van der Waals surface area contributed by atoms with E-state index in [2.05, 4.69) is 0 Å². The van der Waals surface area contributed by atoms with E-state index in [-0.39, 0.29) is 33.4 Å². The standard InChI is InChI=1S/C54H46O17/c55-41-42(67-49(58)35-23-11-3-12-24-35)39(31-63-47(56)33-19-7-1-8-20-33)66-54(44(41)69-51(60)37-27-15-5-16-28-37)71-46-45(70-52(61)38-29-17-6-18-30-38)43(68-50(59)36-25-13-4-14-26-36)40(65-53(46)62)32-64-48(57)34-21-9-2-10-22-34/h1-30,39-46,53-55,62H,31-32H2/t39-,40-,41+,42-,43-,44+,45+,46+,53+,54-/m1/s1. The highest BCUT2D eigenvalue weighted by Gasteiger charge is 2.56. The molecule has 2 saturated heterocycles. The molecule has 6 aromatic rings. The van der Waals surface area contributed by atoms with Crippen molar-refractivity contribution in [2.24, 2.45) is 0 Å². The number of benzene rings is 6. The van der Waals surface area contributed by atoms with Crippen molar-refractivity contribution in [3.05, 3.63) is 215 Å². The summed E-state index contributed by atoms with van der Waals surface area (Å²) in [7, 11) is 0. The molecule has 17 nitrogen and oxygen atoms in total. The maximum Gasteiger partial charge on any atom is 0.338 e. The van der Waals surface area contributed by atoms with Crippen LogP contribution in [0.15, 0.2) is 182 Å². The summed E-state index contributed by atoms with van der Waals surface area (Å²) in [5.41, 5.74) is 0.480. The van der Waals surface area contributed by atoms with Crippen LogP contribution in [-0.4, -0.2) is 121 Å². The second kappa shape index (κ2) is 23.5. The third-order valence-electron chi connectivity index (χ3n) is 11.3. The molecule has 6 aromatic carbocycles. The van der Waals surface area contributed by atoms with Gasteiger partial charge in [0.05, 0.1) is 33.4 Å². The Kier molecular flexibility index (Phi) is 16.3. The molecule has 17 heteroatoms. The molecule has 8 rings (SSSR count). The quantitative estimate of drug-likeness (QED) is 0.0864. The molecule has 0 radical (unpaired) electrons. The Morgan fingerprint density at radius 3 is 1.01 bits per heavy atom. The number of rotatable bonds is 16. The van der Waals surface area contributed by atoms with Crippen molar-refractivity contribution < 1.29 is 81.6 Å². The molecular formula is C54H46O17. The van der Waals surface area contributed by atoms with Gasteiger partial charge in [0.2, 0.25) is 0 Å². The Hall–Kier alpha value is -8.06. The Bertz CT molecular complexity index is 2730. The van der Waals surface area contributed by atoms with E-state index in [1.165, 1.54) is 72.8 Å². The van der Waals surface area contributed by atoms with Gasteiger partial charge in [-0.05, 0) is 72.8 Å². The van der Waals surface area contributed by atoms with Gasteiger partial charge in [0.1, 0.15) is 31.5 Å². The predicted octanol–water partition coefficient (Wildman–Crippen LogP) is 5.79. The van der Waals surface area contributed by atoms with Crippen molar-refractivity contribution in [3.63, 3.8) is 0 Å². The highest BCUT2D eigenvalue weighted by molar-refractivity contribution is 5.92. The average molecular weight is 967 g/mol. The van der Waals surface area contributed by atoms with E-state index in [1.807, 2.05) is 0 Å². The van der Waals surface area contributed by atoms with Crippen molar-refractivity contribution in [3.8, 4) is 0 Å². The van der Waals surface area contributed by atoms with Crippen molar-refractivity contribution in [1.82, 2.24) is 0 Å². The van der Waals surface area contributed by atoms with Gasteiger partial charge < -0.3 is 52.8 Å². The number of esters is 6. The van der Waals surface area contributed by atoms with Gasteiger partial charge >= 0.3 is 35.8 Å². The van der Waals surface area contributed by atoms with Crippen molar-refractivity contribution in [1.29, 1.82) is 0 Å².